The molecule has 8 heteroatoms. The van der Waals surface area contributed by atoms with Crippen molar-refractivity contribution in [2.75, 3.05) is 106 Å². The van der Waals surface area contributed by atoms with Gasteiger partial charge in [0.2, 0.25) is 0 Å². The van der Waals surface area contributed by atoms with Crippen LogP contribution in [-0.2, 0) is 37.9 Å². The summed E-state index contributed by atoms with van der Waals surface area (Å²) in [6, 6.07) is 0. The molecule has 0 unspecified atom stereocenters. The highest BCUT2D eigenvalue weighted by Gasteiger charge is 1.94. The Balaban J connectivity index is 2.95. The summed E-state index contributed by atoms with van der Waals surface area (Å²) in [4.78, 5) is 0. The lowest BCUT2D eigenvalue weighted by Crippen LogP contribution is -2.14. The zero-order chi connectivity index (χ0) is 19.0. The van der Waals surface area contributed by atoms with Crippen LogP contribution in [0, 0.1) is 0 Å². The van der Waals surface area contributed by atoms with E-state index in [2.05, 4.69) is 6.92 Å². The summed E-state index contributed by atoms with van der Waals surface area (Å²) < 4.78 is 42.4. The molecule has 0 saturated carbocycles. The van der Waals surface area contributed by atoms with Crippen molar-refractivity contribution in [1.29, 1.82) is 0 Å². The molecule has 8 nitrogen and oxygen atoms in total. The van der Waals surface area contributed by atoms with Crippen LogP contribution in [0.1, 0.15) is 13.3 Å². The maximum Gasteiger partial charge on any atom is 0.0701 e. The number of methoxy groups -OCH3 is 1. The third-order valence-corrected chi connectivity index (χ3v) is 3.01. The molecule has 0 saturated heterocycles. The summed E-state index contributed by atoms with van der Waals surface area (Å²) in [7, 11) is 1.65. The Bertz CT molecular complexity index is 219. The molecule has 0 fully saturated rings. The van der Waals surface area contributed by atoms with Crippen LogP contribution < -0.4 is 0 Å². The number of rotatable bonds is 23. The van der Waals surface area contributed by atoms with Gasteiger partial charge in [-0.3, -0.25) is 0 Å². The zero-order valence-corrected chi connectivity index (χ0v) is 16.6. The molecule has 0 bridgehead atoms. The molecule has 0 aromatic rings. The molecule has 0 aromatic carbocycles. The largest absolute Gasteiger partial charge is 0.382 e. The molecule has 0 heterocycles. The lowest BCUT2D eigenvalue weighted by atomic mass is 10.5. The van der Waals surface area contributed by atoms with E-state index in [1.165, 1.54) is 0 Å². The molecule has 0 aromatic heterocycles. The summed E-state index contributed by atoms with van der Waals surface area (Å²) in [5.74, 6) is 0. The molecular formula is C18H38O8. The van der Waals surface area contributed by atoms with E-state index in [0.29, 0.717) is 92.5 Å². The smallest absolute Gasteiger partial charge is 0.0701 e. The Morgan fingerprint density at radius 2 is 0.577 bits per heavy atom. The van der Waals surface area contributed by atoms with Gasteiger partial charge in [-0.2, -0.15) is 0 Å². The maximum absolute atomic E-state index is 5.40. The Hall–Kier alpha value is -0.320. The van der Waals surface area contributed by atoms with Crippen molar-refractivity contribution < 1.29 is 37.9 Å². The van der Waals surface area contributed by atoms with Gasteiger partial charge in [-0.1, -0.05) is 6.92 Å². The summed E-state index contributed by atoms with van der Waals surface area (Å²) in [6.07, 6.45) is 1.03. The van der Waals surface area contributed by atoms with Gasteiger partial charge < -0.3 is 37.9 Å². The maximum atomic E-state index is 5.40. The molecule has 0 aliphatic carbocycles. The molecule has 0 aliphatic rings. The molecule has 0 spiro atoms. The van der Waals surface area contributed by atoms with E-state index in [1.54, 1.807) is 7.11 Å². The molecule has 0 rings (SSSR count). The highest BCUT2D eigenvalue weighted by atomic mass is 16.6. The van der Waals surface area contributed by atoms with E-state index in [0.717, 1.165) is 13.0 Å². The first-order valence-electron chi connectivity index (χ1n) is 9.45. The van der Waals surface area contributed by atoms with E-state index in [-0.39, 0.29) is 0 Å². The summed E-state index contributed by atoms with van der Waals surface area (Å²) in [6.45, 7) is 10.9. The Labute approximate surface area is 158 Å². The first-order chi connectivity index (χ1) is 12.9. The highest BCUT2D eigenvalue weighted by molar-refractivity contribution is 4.37. The van der Waals surface area contributed by atoms with Gasteiger partial charge in [-0.25, -0.2) is 0 Å². The molecule has 0 N–H and O–H groups in total. The molecule has 26 heavy (non-hydrogen) atoms. The van der Waals surface area contributed by atoms with E-state index >= 15 is 0 Å². The first kappa shape index (κ1) is 25.7. The van der Waals surface area contributed by atoms with Crippen LogP contribution in [-0.4, -0.2) is 106 Å². The topological polar surface area (TPSA) is 73.8 Å². The second-order valence-corrected chi connectivity index (χ2v) is 5.28. The molecule has 0 radical (unpaired) electrons. The number of ether oxygens (including phenoxy) is 8. The Kier molecular flexibility index (Phi) is 24.4. The predicted molar refractivity (Wildman–Crippen MR) is 97.9 cm³/mol. The standard InChI is InChI=1S/C18H38O8/c1-3-4-20-7-8-22-11-12-24-15-16-26-18-17-25-14-13-23-10-9-21-6-5-19-2/h3-18H2,1-2H3. The minimum absolute atomic E-state index is 0.550. The minimum Gasteiger partial charge on any atom is -0.382 e. The average molecular weight is 382 g/mol. The van der Waals surface area contributed by atoms with Crippen LogP contribution in [0.3, 0.4) is 0 Å². The van der Waals surface area contributed by atoms with Gasteiger partial charge in [0.05, 0.1) is 92.5 Å². The van der Waals surface area contributed by atoms with Gasteiger partial charge in [0, 0.05) is 13.7 Å². The van der Waals surface area contributed by atoms with Gasteiger partial charge in [-0.05, 0) is 6.42 Å². The lowest BCUT2D eigenvalue weighted by Gasteiger charge is -2.08. The van der Waals surface area contributed by atoms with Crippen LogP contribution in [0.5, 0.6) is 0 Å². The molecule has 0 aliphatic heterocycles. The van der Waals surface area contributed by atoms with Crippen molar-refractivity contribution in [3.8, 4) is 0 Å². The summed E-state index contributed by atoms with van der Waals surface area (Å²) >= 11 is 0. The van der Waals surface area contributed by atoms with Crippen molar-refractivity contribution >= 4 is 0 Å². The number of hydrogen-bond donors (Lipinski definition) is 0. The van der Waals surface area contributed by atoms with Crippen molar-refractivity contribution in [3.05, 3.63) is 0 Å². The third-order valence-electron chi connectivity index (χ3n) is 3.01. The average Bonchev–Trinajstić information content (AvgIpc) is 2.66. The van der Waals surface area contributed by atoms with Crippen LogP contribution in [0.25, 0.3) is 0 Å². The molecule has 0 atom stereocenters. The van der Waals surface area contributed by atoms with Crippen molar-refractivity contribution in [1.82, 2.24) is 0 Å². The second-order valence-electron chi connectivity index (χ2n) is 5.28. The van der Waals surface area contributed by atoms with E-state index in [9.17, 15) is 0 Å². The lowest BCUT2D eigenvalue weighted by molar-refractivity contribution is -0.0221. The van der Waals surface area contributed by atoms with Crippen molar-refractivity contribution in [2.24, 2.45) is 0 Å². The van der Waals surface area contributed by atoms with Gasteiger partial charge in [0.1, 0.15) is 0 Å². The van der Waals surface area contributed by atoms with Crippen molar-refractivity contribution in [3.63, 3.8) is 0 Å². The van der Waals surface area contributed by atoms with Crippen LogP contribution in [0.2, 0.25) is 0 Å². The molecule has 158 valence electrons. The first-order valence-corrected chi connectivity index (χ1v) is 9.45. The van der Waals surface area contributed by atoms with Crippen LogP contribution in [0.15, 0.2) is 0 Å². The van der Waals surface area contributed by atoms with E-state index in [4.69, 9.17) is 37.9 Å². The normalized spacial score (nSPS) is 11.3. The third kappa shape index (κ3) is 23.7. The molecule has 0 amide bonds. The fraction of sp³-hybridized carbons (Fsp3) is 1.00. The van der Waals surface area contributed by atoms with E-state index in [1.807, 2.05) is 0 Å². The Morgan fingerprint density at radius 3 is 0.808 bits per heavy atom. The van der Waals surface area contributed by atoms with Crippen LogP contribution >= 0.6 is 0 Å². The van der Waals surface area contributed by atoms with Crippen LogP contribution in [0.4, 0.5) is 0 Å². The van der Waals surface area contributed by atoms with Gasteiger partial charge in [0.15, 0.2) is 0 Å². The van der Waals surface area contributed by atoms with E-state index < -0.39 is 0 Å². The van der Waals surface area contributed by atoms with Crippen molar-refractivity contribution in [2.45, 2.75) is 13.3 Å². The second kappa shape index (κ2) is 24.7. The van der Waals surface area contributed by atoms with Gasteiger partial charge >= 0.3 is 0 Å². The zero-order valence-electron chi connectivity index (χ0n) is 16.6. The fourth-order valence-corrected chi connectivity index (χ4v) is 1.71. The molecular weight excluding hydrogens is 344 g/mol. The summed E-state index contributed by atoms with van der Waals surface area (Å²) in [5, 5.41) is 0. The highest BCUT2D eigenvalue weighted by Crippen LogP contribution is 1.85. The predicted octanol–water partition coefficient (Wildman–Crippen LogP) is 1.16. The quantitative estimate of drug-likeness (QED) is 0.244. The SMILES string of the molecule is CCCOCCOCCOCCOCCOCCOCCOCCOC. The fourth-order valence-electron chi connectivity index (χ4n) is 1.71. The monoisotopic (exact) mass is 382 g/mol. The summed E-state index contributed by atoms with van der Waals surface area (Å²) in [5.41, 5.74) is 0. The van der Waals surface area contributed by atoms with Gasteiger partial charge in [0.25, 0.3) is 0 Å². The Morgan fingerprint density at radius 1 is 0.346 bits per heavy atom. The number of hydrogen-bond acceptors (Lipinski definition) is 8. The minimum atomic E-state index is 0.550. The van der Waals surface area contributed by atoms with Gasteiger partial charge in [-0.15, -0.1) is 0 Å².